The largest absolute Gasteiger partial charge is 0.404 e. The van der Waals surface area contributed by atoms with Crippen LogP contribution < -0.4 is 5.73 Å². The summed E-state index contributed by atoms with van der Waals surface area (Å²) in [5, 5.41) is 9.21. The topological polar surface area (TPSA) is 49.8 Å². The van der Waals surface area contributed by atoms with E-state index in [1.807, 2.05) is 36.4 Å². The molecule has 0 saturated carbocycles. The first kappa shape index (κ1) is 15.9. The van der Waals surface area contributed by atoms with E-state index in [1.165, 1.54) is 6.20 Å². The first-order valence-corrected chi connectivity index (χ1v) is 6.83. The third-order valence-corrected chi connectivity index (χ3v) is 2.98. The summed E-state index contributed by atoms with van der Waals surface area (Å²) in [5.74, 6) is 5.85. The number of rotatable bonds is 5. The standard InChI is InChI=1S/C17H17ClN2/c18-17-12-6-5-11-16(17)10-4-3-9-15(14-20)8-2-1-7-13-19/h3,5-6,9,11-12,14H,1,4,7,10,20H2/b9-3-,15-14-. The molecule has 0 aliphatic rings. The molecule has 0 unspecified atom stereocenters. The van der Waals surface area contributed by atoms with Crippen molar-refractivity contribution in [3.8, 4) is 17.9 Å². The Hall–Kier alpha value is -2.16. The number of aryl methyl sites for hydroxylation is 1. The Morgan fingerprint density at radius 3 is 2.80 bits per heavy atom. The van der Waals surface area contributed by atoms with Crippen LogP contribution in [0, 0.1) is 23.2 Å². The van der Waals surface area contributed by atoms with E-state index in [0.29, 0.717) is 12.8 Å². The Labute approximate surface area is 125 Å². The Morgan fingerprint density at radius 1 is 1.30 bits per heavy atom. The molecular weight excluding hydrogens is 268 g/mol. The zero-order chi connectivity index (χ0) is 14.6. The van der Waals surface area contributed by atoms with Crippen LogP contribution in [0.5, 0.6) is 0 Å². The average molecular weight is 285 g/mol. The zero-order valence-electron chi connectivity index (χ0n) is 11.3. The third-order valence-electron chi connectivity index (χ3n) is 2.61. The number of hydrogen-bond acceptors (Lipinski definition) is 2. The van der Waals surface area contributed by atoms with Gasteiger partial charge in [0.25, 0.3) is 0 Å². The highest BCUT2D eigenvalue weighted by Gasteiger charge is 1.96. The third kappa shape index (κ3) is 6.14. The normalized spacial score (nSPS) is 10.9. The van der Waals surface area contributed by atoms with Crippen LogP contribution in [-0.2, 0) is 6.42 Å². The summed E-state index contributed by atoms with van der Waals surface area (Å²) in [4.78, 5) is 0. The molecule has 0 radical (unpaired) electrons. The number of unbranched alkanes of at least 4 members (excludes halogenated alkanes) is 1. The van der Waals surface area contributed by atoms with Gasteiger partial charge in [-0.05, 0) is 30.5 Å². The van der Waals surface area contributed by atoms with Gasteiger partial charge in [-0.25, -0.2) is 0 Å². The predicted molar refractivity (Wildman–Crippen MR) is 83.8 cm³/mol. The van der Waals surface area contributed by atoms with Crippen molar-refractivity contribution in [2.75, 3.05) is 0 Å². The fourth-order valence-corrected chi connectivity index (χ4v) is 1.80. The van der Waals surface area contributed by atoms with Gasteiger partial charge in [-0.2, -0.15) is 5.26 Å². The highest BCUT2D eigenvalue weighted by molar-refractivity contribution is 6.31. The van der Waals surface area contributed by atoms with Crippen LogP contribution >= 0.6 is 11.6 Å². The maximum absolute atomic E-state index is 8.41. The van der Waals surface area contributed by atoms with Crippen LogP contribution in [0.15, 0.2) is 48.2 Å². The van der Waals surface area contributed by atoms with E-state index in [9.17, 15) is 0 Å². The molecule has 1 aromatic carbocycles. The second-order valence-electron chi connectivity index (χ2n) is 4.11. The van der Waals surface area contributed by atoms with Crippen molar-refractivity contribution in [3.63, 3.8) is 0 Å². The Morgan fingerprint density at radius 2 is 2.10 bits per heavy atom. The lowest BCUT2D eigenvalue weighted by Crippen LogP contribution is -1.86. The van der Waals surface area contributed by atoms with Crippen LogP contribution in [0.2, 0.25) is 5.02 Å². The molecule has 0 atom stereocenters. The SMILES string of the molecule is N#CCCC#CC(/C=C\CCc1ccccc1Cl)=C/N. The molecule has 2 N–H and O–H groups in total. The molecule has 0 aromatic heterocycles. The number of benzene rings is 1. The van der Waals surface area contributed by atoms with Crippen LogP contribution in [0.3, 0.4) is 0 Å². The summed E-state index contributed by atoms with van der Waals surface area (Å²) < 4.78 is 0. The smallest absolute Gasteiger partial charge is 0.0631 e. The fourth-order valence-electron chi connectivity index (χ4n) is 1.57. The lowest BCUT2D eigenvalue weighted by Gasteiger charge is -2.00. The number of halogens is 1. The van der Waals surface area contributed by atoms with Crippen LogP contribution in [0.25, 0.3) is 0 Å². The molecule has 2 nitrogen and oxygen atoms in total. The molecule has 0 bridgehead atoms. The van der Waals surface area contributed by atoms with Crippen molar-refractivity contribution < 1.29 is 0 Å². The molecule has 0 fully saturated rings. The predicted octanol–water partition coefficient (Wildman–Crippen LogP) is 3.98. The minimum absolute atomic E-state index is 0.446. The van der Waals surface area contributed by atoms with Crippen molar-refractivity contribution in [3.05, 3.63) is 58.8 Å². The van der Waals surface area contributed by atoms with Crippen molar-refractivity contribution in [2.45, 2.75) is 25.7 Å². The average Bonchev–Trinajstić information content (AvgIpc) is 2.47. The quantitative estimate of drug-likeness (QED) is 0.505. The molecule has 0 aliphatic heterocycles. The van der Waals surface area contributed by atoms with E-state index in [-0.39, 0.29) is 0 Å². The fraction of sp³-hybridized carbons (Fsp3) is 0.235. The highest BCUT2D eigenvalue weighted by Crippen LogP contribution is 2.16. The summed E-state index contributed by atoms with van der Waals surface area (Å²) in [6, 6.07) is 9.88. The van der Waals surface area contributed by atoms with Crippen molar-refractivity contribution in [1.29, 1.82) is 5.26 Å². The van der Waals surface area contributed by atoms with Crippen LogP contribution in [-0.4, -0.2) is 0 Å². The first-order valence-electron chi connectivity index (χ1n) is 6.45. The number of nitrogens with zero attached hydrogens (tertiary/aromatic N) is 1. The number of hydrogen-bond donors (Lipinski definition) is 1. The van der Waals surface area contributed by atoms with E-state index in [4.69, 9.17) is 22.6 Å². The summed E-state index contributed by atoms with van der Waals surface area (Å²) in [5.41, 5.74) is 7.41. The summed E-state index contributed by atoms with van der Waals surface area (Å²) >= 11 is 6.09. The molecule has 1 aromatic rings. The first-order chi connectivity index (χ1) is 9.77. The van der Waals surface area contributed by atoms with E-state index in [2.05, 4.69) is 17.9 Å². The monoisotopic (exact) mass is 284 g/mol. The molecule has 3 heteroatoms. The molecule has 0 heterocycles. The van der Waals surface area contributed by atoms with E-state index >= 15 is 0 Å². The van der Waals surface area contributed by atoms with E-state index in [1.54, 1.807) is 0 Å². The second-order valence-corrected chi connectivity index (χ2v) is 4.52. The van der Waals surface area contributed by atoms with Gasteiger partial charge in [0.05, 0.1) is 6.07 Å². The molecule has 1 rings (SSSR count). The van der Waals surface area contributed by atoms with Gasteiger partial charge in [0.15, 0.2) is 0 Å². The summed E-state index contributed by atoms with van der Waals surface area (Å²) in [6.45, 7) is 0. The lowest BCUT2D eigenvalue weighted by atomic mass is 10.1. The minimum atomic E-state index is 0.446. The number of allylic oxidation sites excluding steroid dienone is 3. The van der Waals surface area contributed by atoms with Gasteiger partial charge >= 0.3 is 0 Å². The summed E-state index contributed by atoms with van der Waals surface area (Å²) in [7, 11) is 0. The molecule has 0 saturated heterocycles. The highest BCUT2D eigenvalue weighted by atomic mass is 35.5. The Kier molecular flexibility index (Phi) is 7.73. The summed E-state index contributed by atoms with van der Waals surface area (Å²) in [6.07, 6.45) is 8.18. The van der Waals surface area contributed by atoms with Gasteiger partial charge in [0, 0.05) is 29.6 Å². The van der Waals surface area contributed by atoms with Gasteiger partial charge in [0.1, 0.15) is 0 Å². The number of nitriles is 1. The maximum atomic E-state index is 8.41. The Balaban J connectivity index is 2.45. The van der Waals surface area contributed by atoms with Gasteiger partial charge in [0.2, 0.25) is 0 Å². The van der Waals surface area contributed by atoms with Gasteiger partial charge in [-0.1, -0.05) is 47.7 Å². The van der Waals surface area contributed by atoms with Gasteiger partial charge < -0.3 is 5.73 Å². The second kappa shape index (κ2) is 9.73. The molecule has 0 amide bonds. The van der Waals surface area contributed by atoms with Crippen LogP contribution in [0.1, 0.15) is 24.8 Å². The maximum Gasteiger partial charge on any atom is 0.0631 e. The van der Waals surface area contributed by atoms with Crippen molar-refractivity contribution in [1.82, 2.24) is 0 Å². The van der Waals surface area contributed by atoms with Crippen LogP contribution in [0.4, 0.5) is 0 Å². The van der Waals surface area contributed by atoms with Gasteiger partial charge in [-0.3, -0.25) is 0 Å². The van der Waals surface area contributed by atoms with E-state index in [0.717, 1.165) is 29.0 Å². The molecule has 0 spiro atoms. The molecule has 20 heavy (non-hydrogen) atoms. The lowest BCUT2D eigenvalue weighted by molar-refractivity contribution is 1.00. The van der Waals surface area contributed by atoms with Gasteiger partial charge in [-0.15, -0.1) is 0 Å². The minimum Gasteiger partial charge on any atom is -0.404 e. The van der Waals surface area contributed by atoms with E-state index < -0.39 is 0 Å². The van der Waals surface area contributed by atoms with Crippen molar-refractivity contribution >= 4 is 11.6 Å². The molecular formula is C17H17ClN2. The number of nitrogens with two attached hydrogens (primary N) is 1. The zero-order valence-corrected chi connectivity index (χ0v) is 12.0. The molecule has 102 valence electrons. The van der Waals surface area contributed by atoms with Crippen molar-refractivity contribution in [2.24, 2.45) is 5.73 Å². The molecule has 0 aliphatic carbocycles. The Bertz CT molecular complexity index is 583.